The highest BCUT2D eigenvalue weighted by atomic mass is 35.5. The van der Waals surface area contributed by atoms with Gasteiger partial charge in [-0.15, -0.1) is 0 Å². The molecule has 0 aromatic carbocycles. The van der Waals surface area contributed by atoms with E-state index in [9.17, 15) is 14.9 Å². The molecule has 2 aliphatic rings. The number of nitrogens with one attached hydrogen (secondary N) is 2. The van der Waals surface area contributed by atoms with E-state index in [1.54, 1.807) is 18.2 Å². The van der Waals surface area contributed by atoms with Gasteiger partial charge in [-0.1, -0.05) is 11.6 Å². The molecular formula is C25H25ClN6O3. The minimum absolute atomic E-state index is 0.0722. The zero-order valence-electron chi connectivity index (χ0n) is 19.1. The van der Waals surface area contributed by atoms with Crippen molar-refractivity contribution in [2.24, 2.45) is 5.92 Å². The predicted octanol–water partition coefficient (Wildman–Crippen LogP) is 4.59. The summed E-state index contributed by atoms with van der Waals surface area (Å²) in [5.41, 5.74) is 0.518. The molecule has 180 valence electrons. The van der Waals surface area contributed by atoms with Crippen LogP contribution in [0.2, 0.25) is 5.02 Å². The molecule has 0 unspecified atom stereocenters. The van der Waals surface area contributed by atoms with Gasteiger partial charge in [-0.3, -0.25) is 9.59 Å². The van der Waals surface area contributed by atoms with Crippen molar-refractivity contribution in [2.75, 3.05) is 23.7 Å². The van der Waals surface area contributed by atoms with Crippen molar-refractivity contribution < 1.29 is 14.0 Å². The first kappa shape index (κ1) is 23.3. The lowest BCUT2D eigenvalue weighted by Crippen LogP contribution is -2.38. The third kappa shape index (κ3) is 4.85. The van der Waals surface area contributed by atoms with Gasteiger partial charge in [0.05, 0.1) is 10.4 Å². The van der Waals surface area contributed by atoms with Crippen molar-refractivity contribution in [2.45, 2.75) is 44.6 Å². The van der Waals surface area contributed by atoms with Crippen LogP contribution in [0.5, 0.6) is 0 Å². The van der Waals surface area contributed by atoms with E-state index < -0.39 is 5.91 Å². The normalized spacial score (nSPS) is 20.5. The van der Waals surface area contributed by atoms with Crippen molar-refractivity contribution in [3.63, 3.8) is 0 Å². The van der Waals surface area contributed by atoms with Crippen LogP contribution in [0.1, 0.15) is 54.8 Å². The van der Waals surface area contributed by atoms with Gasteiger partial charge in [0.2, 0.25) is 11.7 Å². The van der Waals surface area contributed by atoms with Crippen LogP contribution < -0.4 is 10.6 Å². The molecule has 1 aliphatic heterocycles. The molecule has 2 fully saturated rings. The summed E-state index contributed by atoms with van der Waals surface area (Å²) in [7, 11) is 0. The number of pyridine rings is 2. The van der Waals surface area contributed by atoms with Crippen LogP contribution in [0.4, 0.5) is 11.5 Å². The molecule has 35 heavy (non-hydrogen) atoms. The molecule has 3 aromatic heterocycles. The van der Waals surface area contributed by atoms with Crippen molar-refractivity contribution >= 4 is 45.9 Å². The van der Waals surface area contributed by atoms with Gasteiger partial charge in [-0.05, 0) is 69.8 Å². The summed E-state index contributed by atoms with van der Waals surface area (Å²) in [6, 6.07) is 7.28. The van der Waals surface area contributed by atoms with Crippen LogP contribution in [0.15, 0.2) is 35.0 Å². The molecule has 0 radical (unpaired) electrons. The van der Waals surface area contributed by atoms with Gasteiger partial charge in [0.1, 0.15) is 23.2 Å². The Morgan fingerprint density at radius 2 is 1.86 bits per heavy atom. The lowest BCUT2D eigenvalue weighted by molar-refractivity contribution is -0.121. The van der Waals surface area contributed by atoms with Crippen molar-refractivity contribution in [1.29, 1.82) is 5.26 Å². The first-order valence-corrected chi connectivity index (χ1v) is 12.2. The molecule has 0 bridgehead atoms. The van der Waals surface area contributed by atoms with Crippen LogP contribution in [-0.2, 0) is 4.79 Å². The number of carbonyl (C=O) groups excluding carboxylic acids is 2. The van der Waals surface area contributed by atoms with Gasteiger partial charge >= 0.3 is 0 Å². The number of anilines is 2. The Morgan fingerprint density at radius 3 is 2.54 bits per heavy atom. The third-order valence-corrected chi connectivity index (χ3v) is 7.08. The number of carbonyl (C=O) groups is 2. The van der Waals surface area contributed by atoms with Gasteiger partial charge in [-0.2, -0.15) is 5.26 Å². The summed E-state index contributed by atoms with van der Waals surface area (Å²) < 4.78 is 5.79. The maximum atomic E-state index is 13.3. The van der Waals surface area contributed by atoms with Crippen LogP contribution in [-0.4, -0.2) is 45.8 Å². The number of halogens is 1. The first-order valence-electron chi connectivity index (χ1n) is 11.8. The number of nitriles is 1. The fourth-order valence-corrected chi connectivity index (χ4v) is 5.18. The monoisotopic (exact) mass is 492 g/mol. The Labute approximate surface area is 207 Å². The van der Waals surface area contributed by atoms with Gasteiger partial charge < -0.3 is 20.0 Å². The smallest absolute Gasteiger partial charge is 0.294 e. The van der Waals surface area contributed by atoms with E-state index in [-0.39, 0.29) is 34.8 Å². The topological polar surface area (TPSA) is 124 Å². The molecule has 2 N–H and O–H groups in total. The molecule has 1 saturated heterocycles. The van der Waals surface area contributed by atoms with Crippen LogP contribution in [0, 0.1) is 17.2 Å². The second-order valence-corrected chi connectivity index (χ2v) is 9.44. The molecule has 9 nitrogen and oxygen atoms in total. The largest absolute Gasteiger partial charge is 0.448 e. The molecule has 2 amide bonds. The Bertz CT molecular complexity index is 1290. The highest BCUT2D eigenvalue weighted by Gasteiger charge is 2.32. The fourth-order valence-electron chi connectivity index (χ4n) is 5.07. The molecule has 10 heteroatoms. The van der Waals surface area contributed by atoms with Crippen LogP contribution in [0.25, 0.3) is 11.0 Å². The number of furan rings is 1. The van der Waals surface area contributed by atoms with Gasteiger partial charge in [0.25, 0.3) is 5.91 Å². The summed E-state index contributed by atoms with van der Waals surface area (Å²) in [4.78, 5) is 37.1. The predicted molar refractivity (Wildman–Crippen MR) is 131 cm³/mol. The van der Waals surface area contributed by atoms with Crippen LogP contribution in [0.3, 0.4) is 0 Å². The Hall–Kier alpha value is -3.48. The Balaban J connectivity index is 1.39. The number of fused-ring (bicyclic) bond motifs is 1. The summed E-state index contributed by atoms with van der Waals surface area (Å²) >= 11 is 5.87. The highest BCUT2D eigenvalue weighted by molar-refractivity contribution is 6.30. The number of aromatic nitrogens is 2. The van der Waals surface area contributed by atoms with Gasteiger partial charge in [0.15, 0.2) is 5.69 Å². The third-order valence-electron chi connectivity index (χ3n) is 6.86. The lowest BCUT2D eigenvalue weighted by Gasteiger charge is -2.33. The SMILES string of the molecule is N#Cc1nccc2oc(C(=O)Nc3ccc(Cl)cn3)c(NC(=O)C3CCC(N4CCCC4)CC3)c12. The van der Waals surface area contributed by atoms with Crippen molar-refractivity contribution in [3.05, 3.63) is 47.1 Å². The minimum atomic E-state index is -0.604. The molecule has 0 atom stereocenters. The average Bonchev–Trinajstić information content (AvgIpc) is 3.54. The number of nitrogens with zero attached hydrogens (tertiary/aromatic N) is 4. The first-order chi connectivity index (χ1) is 17.0. The van der Waals surface area contributed by atoms with E-state index in [2.05, 4.69) is 25.5 Å². The quantitative estimate of drug-likeness (QED) is 0.533. The molecule has 3 aromatic rings. The highest BCUT2D eigenvalue weighted by Crippen LogP contribution is 2.35. The molecule has 4 heterocycles. The summed E-state index contributed by atoms with van der Waals surface area (Å²) in [6.45, 7) is 2.29. The minimum Gasteiger partial charge on any atom is -0.448 e. The van der Waals surface area contributed by atoms with E-state index in [1.165, 1.54) is 25.2 Å². The Kier molecular flexibility index (Phi) is 6.66. The molecule has 5 rings (SSSR count). The van der Waals surface area contributed by atoms with Crippen LogP contribution >= 0.6 is 11.6 Å². The van der Waals surface area contributed by atoms with Gasteiger partial charge in [-0.25, -0.2) is 9.97 Å². The Morgan fingerprint density at radius 1 is 1.09 bits per heavy atom. The molecule has 1 aliphatic carbocycles. The molecular weight excluding hydrogens is 468 g/mol. The number of likely N-dealkylation sites (tertiary alicyclic amines) is 1. The zero-order chi connectivity index (χ0) is 24.4. The number of hydrogen-bond acceptors (Lipinski definition) is 7. The lowest BCUT2D eigenvalue weighted by atomic mass is 9.84. The summed E-state index contributed by atoms with van der Waals surface area (Å²) in [6.07, 6.45) is 8.85. The van der Waals surface area contributed by atoms with E-state index in [1.807, 2.05) is 6.07 Å². The summed E-state index contributed by atoms with van der Waals surface area (Å²) in [5, 5.41) is 15.9. The second kappa shape index (κ2) is 10.0. The fraction of sp³-hybridized carbons (Fsp3) is 0.400. The van der Waals surface area contributed by atoms with Crippen molar-refractivity contribution in [3.8, 4) is 6.07 Å². The van der Waals surface area contributed by atoms with Gasteiger partial charge in [0, 0.05) is 24.4 Å². The molecule has 1 saturated carbocycles. The van der Waals surface area contributed by atoms with E-state index >= 15 is 0 Å². The van der Waals surface area contributed by atoms with E-state index in [0.717, 1.165) is 38.8 Å². The summed E-state index contributed by atoms with van der Waals surface area (Å²) in [5.74, 6) is -0.793. The number of amides is 2. The zero-order valence-corrected chi connectivity index (χ0v) is 19.8. The maximum Gasteiger partial charge on any atom is 0.294 e. The average molecular weight is 493 g/mol. The molecule has 0 spiro atoms. The second-order valence-electron chi connectivity index (χ2n) is 9.00. The maximum absolute atomic E-state index is 13.3. The standard InChI is InChI=1S/C25H25ClN6O3/c26-16-5-8-20(29-14-16)30-25(34)23-22(21-18(13-27)28-10-9-19(21)35-23)31-24(33)15-3-6-17(7-4-15)32-11-1-2-12-32/h5,8-10,14-15,17H,1-4,6-7,11-12H2,(H,31,33)(H,29,30,34). The van der Waals surface area contributed by atoms with Crippen molar-refractivity contribution in [1.82, 2.24) is 14.9 Å². The van der Waals surface area contributed by atoms with E-state index in [0.29, 0.717) is 22.0 Å². The number of rotatable bonds is 5. The van der Waals surface area contributed by atoms with E-state index in [4.69, 9.17) is 16.0 Å². The number of hydrogen-bond donors (Lipinski definition) is 2.